The first-order valence-corrected chi connectivity index (χ1v) is 8.38. The lowest BCUT2D eigenvalue weighted by Gasteiger charge is -2.37. The van der Waals surface area contributed by atoms with E-state index in [1.807, 2.05) is 35.2 Å². The molecule has 1 heterocycles. The average molecular weight is 362 g/mol. The van der Waals surface area contributed by atoms with Crippen molar-refractivity contribution < 1.29 is 4.92 Å². The maximum Gasteiger partial charge on any atom is 0.292 e. The molecule has 1 saturated heterocycles. The largest absolute Gasteiger partial charge is 0.362 e. The van der Waals surface area contributed by atoms with Gasteiger partial charge in [0.05, 0.1) is 4.92 Å². The highest BCUT2D eigenvalue weighted by Crippen LogP contribution is 2.28. The van der Waals surface area contributed by atoms with Crippen LogP contribution in [0.25, 0.3) is 0 Å². The smallest absolute Gasteiger partial charge is 0.292 e. The van der Waals surface area contributed by atoms with Gasteiger partial charge < -0.3 is 9.80 Å². The van der Waals surface area contributed by atoms with E-state index >= 15 is 0 Å². The Kier molecular flexibility index (Phi) is 4.97. The standard InChI is InChI=1S/C17H16ClN3O2S/c18-14-7-5-13(6-8-14)17(24)20-11-9-19(10-12-20)15-3-1-2-4-16(15)21(22)23/h1-8H,9-12H2. The second kappa shape index (κ2) is 7.15. The molecule has 0 bridgehead atoms. The van der Waals surface area contributed by atoms with Crippen LogP contribution in [-0.4, -0.2) is 41.0 Å². The number of para-hydroxylation sites is 2. The lowest BCUT2D eigenvalue weighted by molar-refractivity contribution is -0.384. The number of hydrogen-bond donors (Lipinski definition) is 0. The summed E-state index contributed by atoms with van der Waals surface area (Å²) in [4.78, 5) is 15.8. The van der Waals surface area contributed by atoms with Crippen LogP contribution in [0.2, 0.25) is 5.02 Å². The fourth-order valence-corrected chi connectivity index (χ4v) is 3.26. The summed E-state index contributed by atoms with van der Waals surface area (Å²) >= 11 is 11.5. The lowest BCUT2D eigenvalue weighted by Crippen LogP contribution is -2.48. The minimum atomic E-state index is -0.333. The third-order valence-corrected chi connectivity index (χ3v) is 4.82. The van der Waals surface area contributed by atoms with Crippen molar-refractivity contribution in [1.82, 2.24) is 4.90 Å². The summed E-state index contributed by atoms with van der Waals surface area (Å²) in [5.74, 6) is 0. The summed E-state index contributed by atoms with van der Waals surface area (Å²) < 4.78 is 0. The predicted molar refractivity (Wildman–Crippen MR) is 100 cm³/mol. The zero-order valence-corrected chi connectivity index (χ0v) is 14.5. The van der Waals surface area contributed by atoms with Gasteiger partial charge >= 0.3 is 0 Å². The Bertz CT molecular complexity index is 759. The number of nitro groups is 1. The Morgan fingerprint density at radius 2 is 1.67 bits per heavy atom. The molecule has 2 aromatic carbocycles. The molecule has 0 radical (unpaired) electrons. The van der Waals surface area contributed by atoms with E-state index in [2.05, 4.69) is 4.90 Å². The van der Waals surface area contributed by atoms with E-state index in [1.54, 1.807) is 18.2 Å². The van der Waals surface area contributed by atoms with Gasteiger partial charge in [-0.15, -0.1) is 0 Å². The molecule has 2 aromatic rings. The molecule has 0 N–H and O–H groups in total. The number of piperazine rings is 1. The number of rotatable bonds is 3. The minimum Gasteiger partial charge on any atom is -0.362 e. The van der Waals surface area contributed by atoms with Crippen molar-refractivity contribution in [1.29, 1.82) is 0 Å². The maximum absolute atomic E-state index is 11.2. The van der Waals surface area contributed by atoms with Crippen LogP contribution in [0.5, 0.6) is 0 Å². The maximum atomic E-state index is 11.2. The van der Waals surface area contributed by atoms with Gasteiger partial charge in [-0.3, -0.25) is 10.1 Å². The summed E-state index contributed by atoms with van der Waals surface area (Å²) in [5, 5.41) is 11.9. The summed E-state index contributed by atoms with van der Waals surface area (Å²) in [6, 6.07) is 14.3. The molecule has 3 rings (SSSR count). The predicted octanol–water partition coefficient (Wildman–Crippen LogP) is 3.75. The van der Waals surface area contributed by atoms with Crippen LogP contribution in [0.4, 0.5) is 11.4 Å². The SMILES string of the molecule is O=[N+]([O-])c1ccccc1N1CCN(C(=S)c2ccc(Cl)cc2)CC1. The molecule has 124 valence electrons. The van der Waals surface area contributed by atoms with E-state index < -0.39 is 0 Å². The third-order valence-electron chi connectivity index (χ3n) is 4.08. The summed E-state index contributed by atoms with van der Waals surface area (Å²) in [7, 11) is 0. The van der Waals surface area contributed by atoms with Crippen LogP contribution in [-0.2, 0) is 0 Å². The number of nitrogens with zero attached hydrogens (tertiary/aromatic N) is 3. The molecule has 0 unspecified atom stereocenters. The first kappa shape index (κ1) is 16.7. The number of nitro benzene ring substituents is 1. The molecule has 5 nitrogen and oxygen atoms in total. The summed E-state index contributed by atoms with van der Waals surface area (Å²) in [5.41, 5.74) is 1.78. The molecule has 0 saturated carbocycles. The number of thiocarbonyl (C=S) groups is 1. The van der Waals surface area contributed by atoms with Gasteiger partial charge in [-0.05, 0) is 18.2 Å². The van der Waals surface area contributed by atoms with Crippen LogP contribution in [0.15, 0.2) is 48.5 Å². The van der Waals surface area contributed by atoms with Gasteiger partial charge in [0.25, 0.3) is 5.69 Å². The zero-order chi connectivity index (χ0) is 17.1. The third kappa shape index (κ3) is 3.49. The number of halogens is 1. The van der Waals surface area contributed by atoms with Crippen molar-refractivity contribution in [3.05, 3.63) is 69.2 Å². The van der Waals surface area contributed by atoms with Crippen LogP contribution >= 0.6 is 23.8 Å². The van der Waals surface area contributed by atoms with E-state index in [0.717, 1.165) is 23.6 Å². The molecule has 0 spiro atoms. The number of benzene rings is 2. The van der Waals surface area contributed by atoms with Gasteiger partial charge in [0.15, 0.2) is 0 Å². The van der Waals surface area contributed by atoms with Gasteiger partial charge in [-0.25, -0.2) is 0 Å². The highest BCUT2D eigenvalue weighted by atomic mass is 35.5. The van der Waals surface area contributed by atoms with Crippen LogP contribution in [0.1, 0.15) is 5.56 Å². The molecule has 1 aliphatic heterocycles. The molecular formula is C17H16ClN3O2S. The molecule has 24 heavy (non-hydrogen) atoms. The van der Waals surface area contributed by atoms with E-state index in [1.165, 1.54) is 0 Å². The van der Waals surface area contributed by atoms with E-state index in [4.69, 9.17) is 23.8 Å². The van der Waals surface area contributed by atoms with Crippen molar-refractivity contribution >= 4 is 40.2 Å². The highest BCUT2D eigenvalue weighted by molar-refractivity contribution is 7.80. The average Bonchev–Trinajstić information content (AvgIpc) is 2.62. The fourth-order valence-electron chi connectivity index (χ4n) is 2.81. The van der Waals surface area contributed by atoms with Gasteiger partial charge in [0, 0.05) is 42.8 Å². The second-order valence-electron chi connectivity index (χ2n) is 5.53. The summed E-state index contributed by atoms with van der Waals surface area (Å²) in [6.07, 6.45) is 0. The monoisotopic (exact) mass is 361 g/mol. The number of anilines is 1. The lowest BCUT2D eigenvalue weighted by atomic mass is 10.1. The topological polar surface area (TPSA) is 49.6 Å². The first-order chi connectivity index (χ1) is 11.6. The van der Waals surface area contributed by atoms with Crippen molar-refractivity contribution in [3.8, 4) is 0 Å². The summed E-state index contributed by atoms with van der Waals surface area (Å²) in [6.45, 7) is 2.85. The van der Waals surface area contributed by atoms with Gasteiger partial charge in [-0.2, -0.15) is 0 Å². The molecule has 1 aliphatic rings. The Hall–Kier alpha value is -2.18. The quantitative estimate of drug-likeness (QED) is 0.473. The van der Waals surface area contributed by atoms with Crippen LogP contribution < -0.4 is 4.90 Å². The first-order valence-electron chi connectivity index (χ1n) is 7.59. The zero-order valence-electron chi connectivity index (χ0n) is 12.9. The van der Waals surface area contributed by atoms with Gasteiger partial charge in [-0.1, -0.05) is 48.1 Å². The van der Waals surface area contributed by atoms with E-state index in [9.17, 15) is 10.1 Å². The van der Waals surface area contributed by atoms with Crippen LogP contribution in [0.3, 0.4) is 0 Å². The van der Waals surface area contributed by atoms with Gasteiger partial charge in [0.2, 0.25) is 0 Å². The normalized spacial score (nSPS) is 14.5. The molecule has 7 heteroatoms. The van der Waals surface area contributed by atoms with Crippen molar-refractivity contribution in [2.75, 3.05) is 31.1 Å². The molecule has 0 aromatic heterocycles. The molecular weight excluding hydrogens is 346 g/mol. The van der Waals surface area contributed by atoms with Crippen LogP contribution in [0, 0.1) is 10.1 Å². The van der Waals surface area contributed by atoms with E-state index in [0.29, 0.717) is 23.8 Å². The Morgan fingerprint density at radius 3 is 2.29 bits per heavy atom. The second-order valence-corrected chi connectivity index (χ2v) is 6.36. The Balaban J connectivity index is 1.69. The number of hydrogen-bond acceptors (Lipinski definition) is 4. The molecule has 0 amide bonds. The fraction of sp³-hybridized carbons (Fsp3) is 0.235. The van der Waals surface area contributed by atoms with E-state index in [-0.39, 0.29) is 10.6 Å². The Labute approximate surface area is 150 Å². The van der Waals surface area contributed by atoms with Crippen molar-refractivity contribution in [3.63, 3.8) is 0 Å². The molecule has 0 atom stereocenters. The Morgan fingerprint density at radius 1 is 1.04 bits per heavy atom. The minimum absolute atomic E-state index is 0.145. The van der Waals surface area contributed by atoms with Gasteiger partial charge in [0.1, 0.15) is 10.7 Å². The van der Waals surface area contributed by atoms with Crippen molar-refractivity contribution in [2.24, 2.45) is 0 Å². The molecule has 0 aliphatic carbocycles. The molecule has 1 fully saturated rings. The van der Waals surface area contributed by atoms with Crippen molar-refractivity contribution in [2.45, 2.75) is 0 Å². The highest BCUT2D eigenvalue weighted by Gasteiger charge is 2.24.